The van der Waals surface area contributed by atoms with Crippen molar-refractivity contribution in [2.45, 2.75) is 11.3 Å². The van der Waals surface area contributed by atoms with Crippen molar-refractivity contribution < 1.29 is 17.9 Å². The minimum absolute atomic E-state index is 0.102. The van der Waals surface area contributed by atoms with Crippen LogP contribution in [-0.2, 0) is 10.0 Å². The van der Waals surface area contributed by atoms with Crippen molar-refractivity contribution in [3.05, 3.63) is 18.2 Å². The molecule has 0 saturated carbocycles. The van der Waals surface area contributed by atoms with Gasteiger partial charge < -0.3 is 14.8 Å². The highest BCUT2D eigenvalue weighted by Gasteiger charge is 2.23. The van der Waals surface area contributed by atoms with Crippen molar-refractivity contribution in [1.29, 1.82) is 0 Å². The van der Waals surface area contributed by atoms with Crippen molar-refractivity contribution >= 4 is 10.0 Å². The Kier molecular flexibility index (Phi) is 4.85. The molecule has 20 heavy (non-hydrogen) atoms. The van der Waals surface area contributed by atoms with Crippen molar-refractivity contribution in [3.8, 4) is 11.5 Å². The molecule has 112 valence electrons. The number of rotatable bonds is 6. The van der Waals surface area contributed by atoms with Crippen LogP contribution in [0, 0.1) is 5.92 Å². The van der Waals surface area contributed by atoms with E-state index in [0.29, 0.717) is 24.0 Å². The molecular weight excluding hydrogens is 280 g/mol. The normalized spacial score (nSPS) is 19.0. The third kappa shape index (κ3) is 3.41. The molecule has 1 aromatic carbocycles. The summed E-state index contributed by atoms with van der Waals surface area (Å²) in [7, 11) is -0.664. The average molecular weight is 300 g/mol. The number of ether oxygens (including phenoxy) is 2. The molecule has 1 atom stereocenters. The second-order valence-corrected chi connectivity index (χ2v) is 6.46. The van der Waals surface area contributed by atoms with E-state index >= 15 is 0 Å². The Morgan fingerprint density at radius 2 is 2.15 bits per heavy atom. The predicted octanol–water partition coefficient (Wildman–Crippen LogP) is 0.592. The van der Waals surface area contributed by atoms with Gasteiger partial charge >= 0.3 is 0 Å². The van der Waals surface area contributed by atoms with Crippen molar-refractivity contribution in [2.75, 3.05) is 33.9 Å². The molecule has 0 bridgehead atoms. The molecule has 1 unspecified atom stereocenters. The summed E-state index contributed by atoms with van der Waals surface area (Å²) in [5, 5.41) is 3.21. The standard InChI is InChI=1S/C13H20N2O4S/c1-18-11-3-4-12(19-2)13(7-11)20(16,17)15-9-10-5-6-14-8-10/h3-4,7,10,14-15H,5-6,8-9H2,1-2H3. The largest absolute Gasteiger partial charge is 0.497 e. The molecule has 2 rings (SSSR count). The lowest BCUT2D eigenvalue weighted by atomic mass is 10.1. The van der Waals surface area contributed by atoms with Gasteiger partial charge in [0.25, 0.3) is 0 Å². The molecule has 0 aromatic heterocycles. The molecular formula is C13H20N2O4S. The molecule has 2 N–H and O–H groups in total. The van der Waals surface area contributed by atoms with Crippen LogP contribution in [0.5, 0.6) is 11.5 Å². The highest BCUT2D eigenvalue weighted by molar-refractivity contribution is 7.89. The van der Waals surface area contributed by atoms with Crippen LogP contribution >= 0.6 is 0 Å². The molecule has 7 heteroatoms. The van der Waals surface area contributed by atoms with E-state index in [-0.39, 0.29) is 4.90 Å². The number of nitrogens with one attached hydrogen (secondary N) is 2. The highest BCUT2D eigenvalue weighted by Crippen LogP contribution is 2.28. The van der Waals surface area contributed by atoms with Gasteiger partial charge in [-0.1, -0.05) is 0 Å². The van der Waals surface area contributed by atoms with Gasteiger partial charge in [0.15, 0.2) is 0 Å². The molecule has 0 aliphatic carbocycles. The number of hydrogen-bond acceptors (Lipinski definition) is 5. The maximum absolute atomic E-state index is 12.4. The Hall–Kier alpha value is -1.31. The Balaban J connectivity index is 2.18. The summed E-state index contributed by atoms with van der Waals surface area (Å²) in [5.74, 6) is 1.12. The Morgan fingerprint density at radius 3 is 2.75 bits per heavy atom. The molecule has 6 nitrogen and oxygen atoms in total. The van der Waals surface area contributed by atoms with Gasteiger partial charge in [0, 0.05) is 12.6 Å². The molecule has 0 radical (unpaired) electrons. The van der Waals surface area contributed by atoms with E-state index < -0.39 is 10.0 Å². The van der Waals surface area contributed by atoms with Crippen LogP contribution in [0.15, 0.2) is 23.1 Å². The summed E-state index contributed by atoms with van der Waals surface area (Å²) < 4.78 is 37.6. The van der Waals surface area contributed by atoms with Crippen LogP contribution in [0.25, 0.3) is 0 Å². The van der Waals surface area contributed by atoms with Crippen LogP contribution in [0.1, 0.15) is 6.42 Å². The van der Waals surface area contributed by atoms with Crippen molar-refractivity contribution in [1.82, 2.24) is 10.0 Å². The molecule has 1 heterocycles. The summed E-state index contributed by atoms with van der Waals surface area (Å²) >= 11 is 0. The lowest BCUT2D eigenvalue weighted by Gasteiger charge is -2.14. The van der Waals surface area contributed by atoms with E-state index in [4.69, 9.17) is 9.47 Å². The Bertz CT molecular complexity index is 553. The van der Waals surface area contributed by atoms with E-state index in [0.717, 1.165) is 19.5 Å². The average Bonchev–Trinajstić information content (AvgIpc) is 2.98. The first kappa shape index (κ1) is 15.1. The first-order valence-corrected chi connectivity index (χ1v) is 7.97. The van der Waals surface area contributed by atoms with Gasteiger partial charge in [-0.3, -0.25) is 0 Å². The molecule has 1 aliphatic rings. The van der Waals surface area contributed by atoms with Gasteiger partial charge in [-0.25, -0.2) is 13.1 Å². The number of methoxy groups -OCH3 is 2. The van der Waals surface area contributed by atoms with Gasteiger partial charge in [0.05, 0.1) is 14.2 Å². The fraction of sp³-hybridized carbons (Fsp3) is 0.538. The second-order valence-electron chi connectivity index (χ2n) is 4.73. The summed E-state index contributed by atoms with van der Waals surface area (Å²) in [6, 6.07) is 4.72. The third-order valence-electron chi connectivity index (χ3n) is 3.38. The van der Waals surface area contributed by atoms with Gasteiger partial charge in [-0.05, 0) is 37.6 Å². The van der Waals surface area contributed by atoms with Crippen LogP contribution in [0.3, 0.4) is 0 Å². The van der Waals surface area contributed by atoms with Crippen LogP contribution in [0.2, 0.25) is 0 Å². The smallest absolute Gasteiger partial charge is 0.244 e. The fourth-order valence-corrected chi connectivity index (χ4v) is 3.49. The predicted molar refractivity (Wildman–Crippen MR) is 75.7 cm³/mol. The van der Waals surface area contributed by atoms with Crippen LogP contribution < -0.4 is 19.5 Å². The number of sulfonamides is 1. The minimum Gasteiger partial charge on any atom is -0.497 e. The minimum atomic E-state index is -3.61. The summed E-state index contributed by atoms with van der Waals surface area (Å²) in [6.07, 6.45) is 0.984. The van der Waals surface area contributed by atoms with E-state index in [1.54, 1.807) is 12.1 Å². The van der Waals surface area contributed by atoms with Crippen LogP contribution in [0.4, 0.5) is 0 Å². The lowest BCUT2D eigenvalue weighted by Crippen LogP contribution is -2.30. The number of benzene rings is 1. The maximum Gasteiger partial charge on any atom is 0.244 e. The third-order valence-corrected chi connectivity index (χ3v) is 4.83. The van der Waals surface area contributed by atoms with Gasteiger partial charge in [-0.2, -0.15) is 0 Å². The zero-order valence-corrected chi connectivity index (χ0v) is 12.5. The molecule has 1 fully saturated rings. The maximum atomic E-state index is 12.4. The summed E-state index contributed by atoms with van der Waals surface area (Å²) in [4.78, 5) is 0.102. The fourth-order valence-electron chi connectivity index (χ4n) is 2.19. The molecule has 1 saturated heterocycles. The van der Waals surface area contributed by atoms with Gasteiger partial charge in [0.2, 0.25) is 10.0 Å². The topological polar surface area (TPSA) is 76.7 Å². The molecule has 1 aliphatic heterocycles. The van der Waals surface area contributed by atoms with Gasteiger partial charge in [-0.15, -0.1) is 0 Å². The zero-order valence-electron chi connectivity index (χ0n) is 11.7. The molecule has 1 aromatic rings. The second kappa shape index (κ2) is 6.43. The first-order chi connectivity index (χ1) is 9.56. The molecule has 0 amide bonds. The summed E-state index contributed by atoms with van der Waals surface area (Å²) in [6.45, 7) is 2.21. The van der Waals surface area contributed by atoms with E-state index in [2.05, 4.69) is 10.0 Å². The van der Waals surface area contributed by atoms with Gasteiger partial charge in [0.1, 0.15) is 16.4 Å². The Labute approximate surface area is 119 Å². The quantitative estimate of drug-likeness (QED) is 0.804. The van der Waals surface area contributed by atoms with E-state index in [1.807, 2.05) is 0 Å². The monoisotopic (exact) mass is 300 g/mol. The molecule has 0 spiro atoms. The zero-order chi connectivity index (χ0) is 14.6. The first-order valence-electron chi connectivity index (χ1n) is 6.49. The van der Waals surface area contributed by atoms with Crippen molar-refractivity contribution in [3.63, 3.8) is 0 Å². The lowest BCUT2D eigenvalue weighted by molar-refractivity contribution is 0.391. The summed E-state index contributed by atoms with van der Waals surface area (Å²) in [5.41, 5.74) is 0. The van der Waals surface area contributed by atoms with E-state index in [9.17, 15) is 8.42 Å². The Morgan fingerprint density at radius 1 is 1.35 bits per heavy atom. The van der Waals surface area contributed by atoms with Crippen LogP contribution in [-0.4, -0.2) is 42.3 Å². The number of hydrogen-bond donors (Lipinski definition) is 2. The SMILES string of the molecule is COc1ccc(OC)c(S(=O)(=O)NCC2CCNC2)c1. The van der Waals surface area contributed by atoms with Crippen molar-refractivity contribution in [2.24, 2.45) is 5.92 Å². The van der Waals surface area contributed by atoms with E-state index in [1.165, 1.54) is 20.3 Å². The highest BCUT2D eigenvalue weighted by atomic mass is 32.2.